The maximum Gasteiger partial charge on any atom is 0.230 e. The number of allylic oxidation sites excluding steroid dienone is 1. The van der Waals surface area contributed by atoms with Crippen molar-refractivity contribution >= 4 is 17.7 Å². The number of carbonyl (C=O) groups excluding carboxylic acids is 1. The zero-order chi connectivity index (χ0) is 21.0. The van der Waals surface area contributed by atoms with Gasteiger partial charge in [0.2, 0.25) is 5.91 Å². The summed E-state index contributed by atoms with van der Waals surface area (Å²) in [5, 5.41) is 12.3. The minimum absolute atomic E-state index is 0.0464. The fraction of sp³-hybridized carbons (Fsp3) is 0.318. The Bertz CT molecular complexity index is 1020. The summed E-state index contributed by atoms with van der Waals surface area (Å²) in [6.07, 6.45) is 3.42. The normalized spacial score (nSPS) is 12.0. The van der Waals surface area contributed by atoms with E-state index in [0.717, 1.165) is 16.9 Å². The Balaban J connectivity index is 1.67. The lowest BCUT2D eigenvalue weighted by Gasteiger charge is -2.15. The van der Waals surface area contributed by atoms with E-state index in [2.05, 4.69) is 54.1 Å². The molecule has 0 fully saturated rings. The first kappa shape index (κ1) is 20.9. The van der Waals surface area contributed by atoms with E-state index in [0.29, 0.717) is 17.5 Å². The molecule has 0 aliphatic rings. The van der Waals surface area contributed by atoms with Crippen LogP contribution in [-0.2, 0) is 11.3 Å². The summed E-state index contributed by atoms with van der Waals surface area (Å²) in [6, 6.07) is 8.07. The number of aromatic nitrogens is 3. The van der Waals surface area contributed by atoms with Crippen molar-refractivity contribution in [3.63, 3.8) is 0 Å². The van der Waals surface area contributed by atoms with Crippen LogP contribution < -0.4 is 5.32 Å². The Morgan fingerprint density at radius 2 is 2.07 bits per heavy atom. The molecule has 7 heteroatoms. The van der Waals surface area contributed by atoms with Crippen LogP contribution in [0.3, 0.4) is 0 Å². The van der Waals surface area contributed by atoms with Gasteiger partial charge in [0.15, 0.2) is 11.0 Å². The van der Waals surface area contributed by atoms with Crippen molar-refractivity contribution in [2.45, 2.75) is 45.4 Å². The molecule has 3 rings (SSSR count). The lowest BCUT2D eigenvalue weighted by Crippen LogP contribution is -2.28. The fourth-order valence-electron chi connectivity index (χ4n) is 3.04. The molecule has 0 aliphatic carbocycles. The summed E-state index contributed by atoms with van der Waals surface area (Å²) in [6.45, 7) is 12.4. The van der Waals surface area contributed by atoms with Crippen LogP contribution in [0.5, 0.6) is 0 Å². The minimum atomic E-state index is -0.0578. The van der Waals surface area contributed by atoms with Crippen molar-refractivity contribution in [2.24, 2.45) is 0 Å². The zero-order valence-corrected chi connectivity index (χ0v) is 18.0. The van der Waals surface area contributed by atoms with Gasteiger partial charge in [-0.15, -0.1) is 16.8 Å². The maximum atomic E-state index is 12.5. The number of hydrogen-bond acceptors (Lipinski definition) is 5. The summed E-state index contributed by atoms with van der Waals surface area (Å²) in [5.74, 6) is 1.70. The topological polar surface area (TPSA) is 73.0 Å². The van der Waals surface area contributed by atoms with Crippen LogP contribution in [0.4, 0.5) is 0 Å². The van der Waals surface area contributed by atoms with Gasteiger partial charge in [0.25, 0.3) is 0 Å². The van der Waals surface area contributed by atoms with Gasteiger partial charge in [-0.2, -0.15) is 0 Å². The number of aryl methyl sites for hydroxylation is 3. The van der Waals surface area contributed by atoms with Crippen molar-refractivity contribution in [3.8, 4) is 11.4 Å². The van der Waals surface area contributed by atoms with Crippen LogP contribution in [0.15, 0.2) is 52.8 Å². The molecule has 0 aliphatic heterocycles. The van der Waals surface area contributed by atoms with Gasteiger partial charge < -0.3 is 9.73 Å². The lowest BCUT2D eigenvalue weighted by molar-refractivity contribution is -0.119. The van der Waals surface area contributed by atoms with E-state index in [-0.39, 0.29) is 17.7 Å². The second-order valence-corrected chi connectivity index (χ2v) is 7.96. The second-order valence-electron chi connectivity index (χ2n) is 7.02. The fourth-order valence-corrected chi connectivity index (χ4v) is 3.79. The number of nitrogens with one attached hydrogen (secondary N) is 1. The highest BCUT2D eigenvalue weighted by molar-refractivity contribution is 7.99. The predicted octanol–water partition coefficient (Wildman–Crippen LogP) is 4.62. The van der Waals surface area contributed by atoms with Crippen molar-refractivity contribution in [1.29, 1.82) is 0 Å². The van der Waals surface area contributed by atoms with Crippen LogP contribution in [0.1, 0.15) is 35.4 Å². The molecule has 1 aromatic carbocycles. The average molecular weight is 411 g/mol. The quantitative estimate of drug-likeness (QED) is 0.433. The Morgan fingerprint density at radius 3 is 2.72 bits per heavy atom. The lowest BCUT2D eigenvalue weighted by atomic mass is 10.0. The molecule has 29 heavy (non-hydrogen) atoms. The molecular weight excluding hydrogens is 384 g/mol. The van der Waals surface area contributed by atoms with Gasteiger partial charge in [-0.05, 0) is 50.5 Å². The van der Waals surface area contributed by atoms with Gasteiger partial charge in [-0.1, -0.05) is 36.0 Å². The van der Waals surface area contributed by atoms with Crippen molar-refractivity contribution in [3.05, 3.63) is 65.6 Å². The Hall–Kier alpha value is -2.80. The molecule has 0 saturated heterocycles. The van der Waals surface area contributed by atoms with Crippen LogP contribution in [-0.4, -0.2) is 26.4 Å². The van der Waals surface area contributed by atoms with E-state index >= 15 is 0 Å². The molecule has 2 aromatic heterocycles. The number of benzene rings is 1. The highest BCUT2D eigenvalue weighted by Gasteiger charge is 2.18. The van der Waals surface area contributed by atoms with Crippen LogP contribution in [0.2, 0.25) is 0 Å². The van der Waals surface area contributed by atoms with Crippen molar-refractivity contribution < 1.29 is 9.21 Å². The van der Waals surface area contributed by atoms with Crippen LogP contribution >= 0.6 is 11.8 Å². The number of hydrogen-bond donors (Lipinski definition) is 1. The molecule has 0 radical (unpaired) electrons. The van der Waals surface area contributed by atoms with Gasteiger partial charge in [0.05, 0.1) is 23.6 Å². The molecule has 0 bridgehead atoms. The second kappa shape index (κ2) is 9.13. The highest BCUT2D eigenvalue weighted by Crippen LogP contribution is 2.27. The number of rotatable bonds is 8. The van der Waals surface area contributed by atoms with Gasteiger partial charge >= 0.3 is 0 Å². The van der Waals surface area contributed by atoms with E-state index < -0.39 is 0 Å². The van der Waals surface area contributed by atoms with E-state index in [1.54, 1.807) is 12.3 Å². The molecule has 6 nitrogen and oxygen atoms in total. The largest absolute Gasteiger partial charge is 0.469 e. The smallest absolute Gasteiger partial charge is 0.230 e. The van der Waals surface area contributed by atoms with Gasteiger partial charge in [-0.25, -0.2) is 0 Å². The summed E-state index contributed by atoms with van der Waals surface area (Å²) in [5.41, 5.74) is 4.45. The third kappa shape index (κ3) is 4.79. The Kier molecular flexibility index (Phi) is 6.59. The highest BCUT2D eigenvalue weighted by atomic mass is 32.2. The first-order chi connectivity index (χ1) is 13.9. The average Bonchev–Trinajstić information content (AvgIpc) is 3.28. The Morgan fingerprint density at radius 1 is 1.28 bits per heavy atom. The van der Waals surface area contributed by atoms with E-state index in [1.165, 1.54) is 22.9 Å². The monoisotopic (exact) mass is 410 g/mol. The van der Waals surface area contributed by atoms with Gasteiger partial charge in [-0.3, -0.25) is 9.36 Å². The number of nitrogens with zero attached hydrogens (tertiary/aromatic N) is 3. The summed E-state index contributed by atoms with van der Waals surface area (Å²) < 4.78 is 7.32. The van der Waals surface area contributed by atoms with Crippen molar-refractivity contribution in [2.75, 3.05) is 5.75 Å². The molecule has 1 N–H and O–H groups in total. The molecular formula is C22H26N4O2S. The SMILES string of the molecule is C=CCn1c(SCC(=O)N[C@@H](C)c2ccc(C)c(C)c2)nnc1-c1ccoc1C. The van der Waals surface area contributed by atoms with Crippen molar-refractivity contribution in [1.82, 2.24) is 20.1 Å². The van der Waals surface area contributed by atoms with E-state index in [4.69, 9.17) is 4.42 Å². The number of amides is 1. The summed E-state index contributed by atoms with van der Waals surface area (Å²) in [7, 11) is 0. The first-order valence-corrected chi connectivity index (χ1v) is 10.5. The molecule has 1 amide bonds. The predicted molar refractivity (Wildman–Crippen MR) is 116 cm³/mol. The number of carbonyl (C=O) groups is 1. The molecule has 0 unspecified atom stereocenters. The molecule has 152 valence electrons. The zero-order valence-electron chi connectivity index (χ0n) is 17.2. The van der Waals surface area contributed by atoms with E-state index in [1.807, 2.05) is 24.5 Å². The van der Waals surface area contributed by atoms with Gasteiger partial charge in [0, 0.05) is 6.54 Å². The first-order valence-electron chi connectivity index (χ1n) is 9.48. The Labute approximate surface area is 175 Å². The standard InChI is InChI=1S/C22H26N4O2S/c1-6-10-26-21(19-9-11-28-17(19)5)24-25-22(26)29-13-20(27)23-16(4)18-8-7-14(2)15(3)12-18/h6-9,11-12,16H,1,10,13H2,2-5H3,(H,23,27)/t16-/m0/s1. The maximum absolute atomic E-state index is 12.5. The van der Waals surface area contributed by atoms with Crippen LogP contribution in [0, 0.1) is 20.8 Å². The summed E-state index contributed by atoms with van der Waals surface area (Å²) in [4.78, 5) is 12.5. The molecule has 3 aromatic rings. The summed E-state index contributed by atoms with van der Waals surface area (Å²) >= 11 is 1.36. The molecule has 1 atom stereocenters. The van der Waals surface area contributed by atoms with Crippen LogP contribution in [0.25, 0.3) is 11.4 Å². The third-order valence-corrected chi connectivity index (χ3v) is 5.84. The minimum Gasteiger partial charge on any atom is -0.469 e. The van der Waals surface area contributed by atoms with E-state index in [9.17, 15) is 4.79 Å². The molecule has 0 saturated carbocycles. The number of furan rings is 1. The number of thioether (sulfide) groups is 1. The molecule has 2 heterocycles. The third-order valence-electron chi connectivity index (χ3n) is 4.87. The van der Waals surface area contributed by atoms with Gasteiger partial charge in [0.1, 0.15) is 5.76 Å². The molecule has 0 spiro atoms.